The van der Waals surface area contributed by atoms with Gasteiger partial charge >= 0.3 is 0 Å². The highest BCUT2D eigenvalue weighted by molar-refractivity contribution is 9.10. The minimum absolute atomic E-state index is 0.0626. The zero-order chi connectivity index (χ0) is 17.5. The number of carbonyl (C=O) groups excluding carboxylic acids is 2. The van der Waals surface area contributed by atoms with Crippen molar-refractivity contribution in [2.45, 2.75) is 26.2 Å². The van der Waals surface area contributed by atoms with E-state index in [2.05, 4.69) is 26.6 Å². The Hall–Kier alpha value is -2.28. The van der Waals surface area contributed by atoms with Crippen LogP contribution in [0.2, 0.25) is 0 Å². The molecule has 1 aromatic carbocycles. The maximum absolute atomic E-state index is 12.1. The molecule has 2 rings (SSSR count). The molecular weight excluding hydrogens is 376 g/mol. The molecule has 24 heavy (non-hydrogen) atoms. The normalized spacial score (nSPS) is 10.3. The fourth-order valence-corrected chi connectivity index (χ4v) is 2.36. The lowest BCUT2D eigenvalue weighted by molar-refractivity contribution is -0.116. The molecule has 2 aromatic rings. The van der Waals surface area contributed by atoms with Crippen molar-refractivity contribution in [3.05, 3.63) is 40.8 Å². The molecule has 0 radical (unpaired) electrons. The number of carbonyl (C=O) groups is 2. The van der Waals surface area contributed by atoms with Gasteiger partial charge in [0.05, 0.1) is 12.8 Å². The Labute approximate surface area is 148 Å². The molecule has 2 N–H and O–H groups in total. The van der Waals surface area contributed by atoms with E-state index in [4.69, 9.17) is 9.15 Å². The lowest BCUT2D eigenvalue weighted by atomic mass is 10.2. The van der Waals surface area contributed by atoms with Crippen LogP contribution in [0.4, 0.5) is 11.4 Å². The number of amides is 2. The van der Waals surface area contributed by atoms with Gasteiger partial charge < -0.3 is 19.8 Å². The summed E-state index contributed by atoms with van der Waals surface area (Å²) < 4.78 is 11.0. The van der Waals surface area contributed by atoms with Crippen LogP contribution in [0.1, 0.15) is 36.7 Å². The second kappa shape index (κ2) is 8.54. The Bertz CT molecular complexity index is 727. The predicted molar refractivity (Wildman–Crippen MR) is 95.5 cm³/mol. The second-order valence-electron chi connectivity index (χ2n) is 5.12. The summed E-state index contributed by atoms with van der Waals surface area (Å²) in [7, 11) is 1.51. The van der Waals surface area contributed by atoms with Crippen molar-refractivity contribution in [3.63, 3.8) is 0 Å². The minimum atomic E-state index is -0.373. The van der Waals surface area contributed by atoms with E-state index in [0.717, 1.165) is 12.8 Å². The highest BCUT2D eigenvalue weighted by Gasteiger charge is 2.13. The van der Waals surface area contributed by atoms with Crippen LogP contribution in [0.3, 0.4) is 0 Å². The van der Waals surface area contributed by atoms with Crippen molar-refractivity contribution in [1.29, 1.82) is 0 Å². The third-order valence-corrected chi connectivity index (χ3v) is 3.71. The summed E-state index contributed by atoms with van der Waals surface area (Å²) in [4.78, 5) is 23.9. The Morgan fingerprint density at radius 1 is 1.21 bits per heavy atom. The zero-order valence-corrected chi connectivity index (χ0v) is 15.1. The van der Waals surface area contributed by atoms with Gasteiger partial charge in [-0.3, -0.25) is 9.59 Å². The van der Waals surface area contributed by atoms with Gasteiger partial charge in [-0.25, -0.2) is 0 Å². The van der Waals surface area contributed by atoms with Crippen molar-refractivity contribution in [2.75, 3.05) is 17.7 Å². The van der Waals surface area contributed by atoms with E-state index in [1.165, 1.54) is 7.11 Å². The molecule has 7 heteroatoms. The van der Waals surface area contributed by atoms with Gasteiger partial charge in [0.2, 0.25) is 5.91 Å². The van der Waals surface area contributed by atoms with Crippen LogP contribution >= 0.6 is 15.9 Å². The Balaban J connectivity index is 2.07. The molecule has 128 valence electrons. The van der Waals surface area contributed by atoms with Crippen LogP contribution < -0.4 is 15.4 Å². The molecule has 0 aliphatic carbocycles. The molecule has 1 heterocycles. The second-order valence-corrected chi connectivity index (χ2v) is 5.91. The van der Waals surface area contributed by atoms with E-state index in [0.29, 0.717) is 28.2 Å². The molecule has 0 atom stereocenters. The van der Waals surface area contributed by atoms with Crippen LogP contribution in [0.25, 0.3) is 0 Å². The molecule has 0 spiro atoms. The monoisotopic (exact) mass is 394 g/mol. The van der Waals surface area contributed by atoms with E-state index in [1.807, 2.05) is 6.92 Å². The Morgan fingerprint density at radius 3 is 2.62 bits per heavy atom. The highest BCUT2D eigenvalue weighted by atomic mass is 79.9. The van der Waals surface area contributed by atoms with Crippen LogP contribution in [-0.2, 0) is 4.79 Å². The van der Waals surface area contributed by atoms with Crippen LogP contribution in [0.5, 0.6) is 5.75 Å². The van der Waals surface area contributed by atoms with Crippen LogP contribution in [0.15, 0.2) is 39.4 Å². The van der Waals surface area contributed by atoms with Crippen molar-refractivity contribution < 1.29 is 18.7 Å². The van der Waals surface area contributed by atoms with Crippen molar-refractivity contribution >= 4 is 39.1 Å². The van der Waals surface area contributed by atoms with Crippen molar-refractivity contribution in [1.82, 2.24) is 0 Å². The number of hydrogen-bond acceptors (Lipinski definition) is 4. The maximum Gasteiger partial charge on any atom is 0.291 e. The molecule has 1 aromatic heterocycles. The average Bonchev–Trinajstić information content (AvgIpc) is 3.01. The summed E-state index contributed by atoms with van der Waals surface area (Å²) >= 11 is 3.15. The number of anilines is 2. The fraction of sp³-hybridized carbons (Fsp3) is 0.294. The first-order chi connectivity index (χ1) is 11.5. The van der Waals surface area contributed by atoms with E-state index in [1.54, 1.807) is 30.3 Å². The van der Waals surface area contributed by atoms with E-state index >= 15 is 0 Å². The number of methoxy groups -OCH3 is 1. The molecule has 0 aliphatic heterocycles. The van der Waals surface area contributed by atoms with Crippen molar-refractivity contribution in [3.8, 4) is 5.75 Å². The number of ether oxygens (including phenoxy) is 1. The molecule has 0 aliphatic rings. The van der Waals surface area contributed by atoms with Crippen LogP contribution in [-0.4, -0.2) is 18.9 Å². The molecule has 6 nitrogen and oxygen atoms in total. The standard InChI is InChI=1S/C17H19BrN2O4/c1-3-4-5-16(21)20-12-7-6-11(10-14(12)23-2)19-17(22)13-8-9-15(18)24-13/h6-10H,3-5H2,1-2H3,(H,19,22)(H,20,21). The van der Waals surface area contributed by atoms with Gasteiger partial charge in [0.15, 0.2) is 10.4 Å². The number of rotatable bonds is 7. The number of nitrogens with one attached hydrogen (secondary N) is 2. The SMILES string of the molecule is CCCCC(=O)Nc1ccc(NC(=O)c2ccc(Br)o2)cc1OC. The number of unbranched alkanes of at least 4 members (excludes halogenated alkanes) is 1. The molecule has 0 unspecified atom stereocenters. The zero-order valence-electron chi connectivity index (χ0n) is 13.5. The summed E-state index contributed by atoms with van der Waals surface area (Å²) in [6.45, 7) is 2.03. The summed E-state index contributed by atoms with van der Waals surface area (Å²) in [5.41, 5.74) is 1.10. The third kappa shape index (κ3) is 4.86. The van der Waals surface area contributed by atoms with E-state index < -0.39 is 0 Å². The van der Waals surface area contributed by atoms with E-state index in [9.17, 15) is 9.59 Å². The lowest BCUT2D eigenvalue weighted by Gasteiger charge is -2.12. The Kier molecular flexibility index (Phi) is 6.43. The first kappa shape index (κ1) is 18.1. The predicted octanol–water partition coefficient (Wildman–Crippen LogP) is 4.43. The van der Waals surface area contributed by atoms with Gasteiger partial charge in [-0.2, -0.15) is 0 Å². The maximum atomic E-state index is 12.1. The summed E-state index contributed by atoms with van der Waals surface area (Å²) in [6.07, 6.45) is 2.25. The Morgan fingerprint density at radius 2 is 2.00 bits per heavy atom. The van der Waals surface area contributed by atoms with Gasteiger partial charge in [0.25, 0.3) is 5.91 Å². The summed E-state index contributed by atoms with van der Waals surface area (Å²) in [5.74, 6) is 0.228. The largest absolute Gasteiger partial charge is 0.494 e. The molecule has 0 saturated carbocycles. The van der Waals surface area contributed by atoms with Gasteiger partial charge in [-0.1, -0.05) is 13.3 Å². The number of benzene rings is 1. The first-order valence-electron chi connectivity index (χ1n) is 7.58. The number of halogens is 1. The van der Waals surface area contributed by atoms with Gasteiger partial charge in [-0.15, -0.1) is 0 Å². The highest BCUT2D eigenvalue weighted by Crippen LogP contribution is 2.28. The molecule has 0 fully saturated rings. The number of furan rings is 1. The van der Waals surface area contributed by atoms with Crippen LogP contribution in [0, 0.1) is 0 Å². The smallest absolute Gasteiger partial charge is 0.291 e. The lowest BCUT2D eigenvalue weighted by Crippen LogP contribution is -2.13. The topological polar surface area (TPSA) is 80.6 Å². The quantitative estimate of drug-likeness (QED) is 0.727. The molecule has 2 amide bonds. The molecule has 0 bridgehead atoms. The minimum Gasteiger partial charge on any atom is -0.494 e. The fourth-order valence-electron chi connectivity index (χ4n) is 2.05. The first-order valence-corrected chi connectivity index (χ1v) is 8.37. The van der Waals surface area contributed by atoms with Gasteiger partial charge in [-0.05, 0) is 46.6 Å². The molecular formula is C17H19BrN2O4. The third-order valence-electron chi connectivity index (χ3n) is 3.29. The summed E-state index contributed by atoms with van der Waals surface area (Å²) in [6, 6.07) is 8.24. The summed E-state index contributed by atoms with van der Waals surface area (Å²) in [5, 5.41) is 5.53. The van der Waals surface area contributed by atoms with Crippen molar-refractivity contribution in [2.24, 2.45) is 0 Å². The average molecular weight is 395 g/mol. The molecule has 0 saturated heterocycles. The van der Waals surface area contributed by atoms with Gasteiger partial charge in [0.1, 0.15) is 5.75 Å². The number of hydrogen-bond donors (Lipinski definition) is 2. The van der Waals surface area contributed by atoms with Gasteiger partial charge in [0, 0.05) is 18.2 Å². The van der Waals surface area contributed by atoms with E-state index in [-0.39, 0.29) is 17.6 Å².